The number of benzene rings is 2. The number of carbonyl (C=O) groups is 1. The summed E-state index contributed by atoms with van der Waals surface area (Å²) in [4.78, 5) is 16.0. The second-order valence-corrected chi connectivity index (χ2v) is 6.78. The highest BCUT2D eigenvalue weighted by Crippen LogP contribution is 2.22. The summed E-state index contributed by atoms with van der Waals surface area (Å²) in [6.45, 7) is 4.66. The first kappa shape index (κ1) is 16.0. The summed E-state index contributed by atoms with van der Waals surface area (Å²) in [5.41, 5.74) is 3.45. The van der Waals surface area contributed by atoms with Gasteiger partial charge in [-0.1, -0.05) is 30.3 Å². The molecule has 0 bridgehead atoms. The third-order valence-electron chi connectivity index (χ3n) is 4.93. The Bertz CT molecular complexity index is 716. The molecule has 0 saturated carbocycles. The van der Waals surface area contributed by atoms with Crippen LogP contribution in [0.15, 0.2) is 54.6 Å². The van der Waals surface area contributed by atoms with Crippen LogP contribution in [0.25, 0.3) is 0 Å². The van der Waals surface area contributed by atoms with Crippen molar-refractivity contribution < 1.29 is 4.79 Å². The highest BCUT2D eigenvalue weighted by atomic mass is 16.2. The van der Waals surface area contributed by atoms with Crippen molar-refractivity contribution >= 4 is 17.4 Å². The molecule has 4 rings (SSSR count). The second-order valence-electron chi connectivity index (χ2n) is 6.78. The molecule has 2 heterocycles. The number of likely N-dealkylation sites (tertiary alicyclic amines) is 1. The molecule has 1 unspecified atom stereocenters. The van der Waals surface area contributed by atoms with Crippen LogP contribution in [0.1, 0.15) is 12.0 Å². The number of nitrogens with one attached hydrogen (secondary N) is 2. The van der Waals surface area contributed by atoms with Crippen molar-refractivity contribution in [3.63, 3.8) is 0 Å². The van der Waals surface area contributed by atoms with E-state index in [1.165, 1.54) is 5.56 Å². The molecule has 5 heteroatoms. The van der Waals surface area contributed by atoms with E-state index in [9.17, 15) is 4.79 Å². The third kappa shape index (κ3) is 3.77. The minimum Gasteiger partial charge on any atom is -0.381 e. The molecule has 2 aliphatic rings. The van der Waals surface area contributed by atoms with Gasteiger partial charge in [0.15, 0.2) is 0 Å². The van der Waals surface area contributed by atoms with Crippen LogP contribution >= 0.6 is 0 Å². The number of amides is 2. The van der Waals surface area contributed by atoms with Gasteiger partial charge in [-0.3, -0.25) is 9.80 Å². The number of urea groups is 1. The van der Waals surface area contributed by atoms with Gasteiger partial charge >= 0.3 is 6.03 Å². The van der Waals surface area contributed by atoms with Crippen LogP contribution in [0.5, 0.6) is 0 Å². The molecule has 5 nitrogen and oxygen atoms in total. The van der Waals surface area contributed by atoms with Gasteiger partial charge in [0.25, 0.3) is 0 Å². The first-order chi connectivity index (χ1) is 12.3. The summed E-state index contributed by atoms with van der Waals surface area (Å²) in [5.74, 6) is 0. The van der Waals surface area contributed by atoms with Gasteiger partial charge in [-0.2, -0.15) is 0 Å². The van der Waals surface area contributed by atoms with E-state index in [0.717, 1.165) is 50.5 Å². The molecular weight excluding hydrogens is 312 g/mol. The van der Waals surface area contributed by atoms with Crippen molar-refractivity contribution in [3.05, 3.63) is 60.2 Å². The van der Waals surface area contributed by atoms with Gasteiger partial charge in [0.05, 0.1) is 0 Å². The van der Waals surface area contributed by atoms with Gasteiger partial charge in [-0.25, -0.2) is 4.79 Å². The maximum Gasteiger partial charge on any atom is 0.321 e. The molecule has 1 atom stereocenters. The summed E-state index contributed by atoms with van der Waals surface area (Å²) in [6, 6.07) is 19.3. The van der Waals surface area contributed by atoms with Crippen LogP contribution in [-0.4, -0.2) is 43.2 Å². The zero-order valence-corrected chi connectivity index (χ0v) is 14.3. The van der Waals surface area contributed by atoms with Crippen LogP contribution < -0.4 is 15.5 Å². The molecular formula is C20H24N4O. The van der Waals surface area contributed by atoms with Crippen molar-refractivity contribution in [1.29, 1.82) is 0 Å². The molecule has 2 N–H and O–H groups in total. The van der Waals surface area contributed by atoms with Gasteiger partial charge in [0.2, 0.25) is 0 Å². The normalized spacial score (nSPS) is 20.7. The average Bonchev–Trinajstić information content (AvgIpc) is 3.26. The van der Waals surface area contributed by atoms with Crippen molar-refractivity contribution in [2.45, 2.75) is 19.0 Å². The molecule has 25 heavy (non-hydrogen) atoms. The molecule has 2 saturated heterocycles. The number of nitrogens with zero attached hydrogens (tertiary/aromatic N) is 2. The molecule has 2 amide bonds. The SMILES string of the molecule is O=C1NCCN1c1ccc(NC2CCN(Cc3ccccc3)C2)cc1. The van der Waals surface area contributed by atoms with E-state index in [1.54, 1.807) is 4.90 Å². The molecule has 2 aromatic carbocycles. The van der Waals surface area contributed by atoms with E-state index >= 15 is 0 Å². The molecule has 130 valence electrons. The summed E-state index contributed by atoms with van der Waals surface area (Å²) in [5, 5.41) is 6.46. The highest BCUT2D eigenvalue weighted by molar-refractivity contribution is 5.94. The lowest BCUT2D eigenvalue weighted by molar-refractivity contribution is 0.252. The number of hydrogen-bond acceptors (Lipinski definition) is 3. The van der Waals surface area contributed by atoms with Crippen LogP contribution in [0.2, 0.25) is 0 Å². The number of rotatable bonds is 5. The van der Waals surface area contributed by atoms with Gasteiger partial charge in [0, 0.05) is 50.1 Å². The Kier molecular flexibility index (Phi) is 4.57. The molecule has 0 spiro atoms. The number of carbonyl (C=O) groups excluding carboxylic acids is 1. The fourth-order valence-corrected chi connectivity index (χ4v) is 3.63. The summed E-state index contributed by atoms with van der Waals surface area (Å²) in [7, 11) is 0. The average molecular weight is 336 g/mol. The maximum absolute atomic E-state index is 11.7. The van der Waals surface area contributed by atoms with Crippen molar-refractivity contribution in [1.82, 2.24) is 10.2 Å². The Hall–Kier alpha value is -2.53. The number of anilines is 2. The van der Waals surface area contributed by atoms with Gasteiger partial charge in [0.1, 0.15) is 0 Å². The van der Waals surface area contributed by atoms with Gasteiger partial charge < -0.3 is 10.6 Å². The lowest BCUT2D eigenvalue weighted by Gasteiger charge is -2.18. The topological polar surface area (TPSA) is 47.6 Å². The predicted octanol–water partition coefficient (Wildman–Crippen LogP) is 2.90. The Labute approximate surface area is 148 Å². The minimum absolute atomic E-state index is 0.00643. The standard InChI is InChI=1S/C20H24N4O/c25-20-21-11-13-24(20)19-8-6-17(7-9-19)22-18-10-12-23(15-18)14-16-4-2-1-3-5-16/h1-9,18,22H,10-15H2,(H,21,25). The van der Waals surface area contributed by atoms with E-state index in [-0.39, 0.29) is 6.03 Å². The Balaban J connectivity index is 1.31. The molecule has 0 aliphatic carbocycles. The Morgan fingerprint density at radius 2 is 1.84 bits per heavy atom. The van der Waals surface area contributed by atoms with Crippen LogP contribution in [-0.2, 0) is 6.54 Å². The van der Waals surface area contributed by atoms with Crippen LogP contribution in [0, 0.1) is 0 Å². The summed E-state index contributed by atoms with van der Waals surface area (Å²) in [6.07, 6.45) is 1.16. The van der Waals surface area contributed by atoms with E-state index < -0.39 is 0 Å². The smallest absolute Gasteiger partial charge is 0.321 e. The monoisotopic (exact) mass is 336 g/mol. The van der Waals surface area contributed by atoms with Gasteiger partial charge in [-0.05, 0) is 36.2 Å². The first-order valence-corrected chi connectivity index (χ1v) is 8.96. The Morgan fingerprint density at radius 1 is 1.04 bits per heavy atom. The maximum atomic E-state index is 11.7. The fraction of sp³-hybridized carbons (Fsp3) is 0.350. The molecule has 0 aromatic heterocycles. The fourth-order valence-electron chi connectivity index (χ4n) is 3.63. The second kappa shape index (κ2) is 7.15. The quantitative estimate of drug-likeness (QED) is 0.883. The summed E-state index contributed by atoms with van der Waals surface area (Å²) < 4.78 is 0. The van der Waals surface area contributed by atoms with Crippen molar-refractivity contribution in [2.24, 2.45) is 0 Å². The van der Waals surface area contributed by atoms with E-state index in [2.05, 4.69) is 58.0 Å². The highest BCUT2D eigenvalue weighted by Gasteiger charge is 2.23. The largest absolute Gasteiger partial charge is 0.381 e. The zero-order chi connectivity index (χ0) is 17.1. The van der Waals surface area contributed by atoms with E-state index in [1.807, 2.05) is 12.1 Å². The lowest BCUT2D eigenvalue weighted by atomic mass is 10.2. The van der Waals surface area contributed by atoms with Crippen LogP contribution in [0.4, 0.5) is 16.2 Å². The molecule has 0 radical (unpaired) electrons. The lowest BCUT2D eigenvalue weighted by Crippen LogP contribution is -2.27. The first-order valence-electron chi connectivity index (χ1n) is 8.96. The Morgan fingerprint density at radius 3 is 2.56 bits per heavy atom. The zero-order valence-electron chi connectivity index (χ0n) is 14.3. The molecule has 2 aromatic rings. The number of hydrogen-bond donors (Lipinski definition) is 2. The minimum atomic E-state index is -0.00643. The van der Waals surface area contributed by atoms with Gasteiger partial charge in [-0.15, -0.1) is 0 Å². The van der Waals surface area contributed by atoms with Crippen molar-refractivity contribution in [2.75, 3.05) is 36.4 Å². The molecule has 2 aliphatic heterocycles. The molecule has 2 fully saturated rings. The third-order valence-corrected chi connectivity index (χ3v) is 4.93. The summed E-state index contributed by atoms with van der Waals surface area (Å²) >= 11 is 0. The predicted molar refractivity (Wildman–Crippen MR) is 101 cm³/mol. The van der Waals surface area contributed by atoms with E-state index in [4.69, 9.17) is 0 Å². The van der Waals surface area contributed by atoms with E-state index in [0.29, 0.717) is 6.04 Å². The van der Waals surface area contributed by atoms with Crippen molar-refractivity contribution in [3.8, 4) is 0 Å². The van der Waals surface area contributed by atoms with Crippen LogP contribution in [0.3, 0.4) is 0 Å².